The van der Waals surface area contributed by atoms with E-state index in [1.165, 1.54) is 29.5 Å². The van der Waals surface area contributed by atoms with Gasteiger partial charge in [0.15, 0.2) is 0 Å². The van der Waals surface area contributed by atoms with Crippen LogP contribution in [0.15, 0.2) is 42.5 Å². The molecule has 35 heavy (non-hydrogen) atoms. The fraction of sp³-hybridized carbons (Fsp3) is 0.581. The van der Waals surface area contributed by atoms with E-state index < -0.39 is 0 Å². The maximum absolute atomic E-state index is 11.4. The highest BCUT2D eigenvalue weighted by molar-refractivity contribution is 5.81. The number of aromatic hydroxyl groups is 1. The SMILES string of the molecule is CC(C(N)=O)c1ccc(CCCC[C@@H]2Cc3cc(O)ccc3[C@H]3CC[C@]4(C)[C@@H](O)CC[C@H]4[C@H]23)cc1. The number of aliphatic hydroxyl groups excluding tert-OH is 1. The maximum atomic E-state index is 11.4. The van der Waals surface area contributed by atoms with Crippen molar-refractivity contribution in [1.29, 1.82) is 0 Å². The molecule has 7 atom stereocenters. The van der Waals surface area contributed by atoms with Crippen LogP contribution in [0.4, 0.5) is 0 Å². The molecule has 1 unspecified atom stereocenters. The van der Waals surface area contributed by atoms with Crippen LogP contribution in [0.5, 0.6) is 5.75 Å². The summed E-state index contributed by atoms with van der Waals surface area (Å²) in [5.41, 5.74) is 10.6. The number of aliphatic hydroxyl groups is 1. The summed E-state index contributed by atoms with van der Waals surface area (Å²) in [6.07, 6.45) is 9.84. The first kappa shape index (κ1) is 24.4. The molecule has 0 saturated heterocycles. The third-order valence-electron chi connectivity index (χ3n) is 10.0. The number of aryl methyl sites for hydroxylation is 1. The van der Waals surface area contributed by atoms with Crippen molar-refractivity contribution in [2.24, 2.45) is 28.9 Å². The molecule has 3 aliphatic carbocycles. The van der Waals surface area contributed by atoms with E-state index in [0.717, 1.165) is 50.5 Å². The van der Waals surface area contributed by atoms with E-state index >= 15 is 0 Å². The molecule has 188 valence electrons. The molecule has 0 spiro atoms. The number of fused-ring (bicyclic) bond motifs is 5. The molecule has 0 bridgehead atoms. The molecule has 2 fully saturated rings. The number of nitrogens with two attached hydrogens (primary N) is 1. The van der Waals surface area contributed by atoms with E-state index in [4.69, 9.17) is 5.73 Å². The molecule has 2 saturated carbocycles. The van der Waals surface area contributed by atoms with E-state index in [-0.39, 0.29) is 23.3 Å². The van der Waals surface area contributed by atoms with E-state index in [1.807, 2.05) is 31.2 Å². The lowest BCUT2D eigenvalue weighted by molar-refractivity contribution is -0.119. The van der Waals surface area contributed by atoms with E-state index in [9.17, 15) is 15.0 Å². The van der Waals surface area contributed by atoms with Gasteiger partial charge < -0.3 is 15.9 Å². The van der Waals surface area contributed by atoms with E-state index in [0.29, 0.717) is 29.4 Å². The lowest BCUT2D eigenvalue weighted by atomic mass is 9.52. The van der Waals surface area contributed by atoms with Gasteiger partial charge >= 0.3 is 0 Å². The molecule has 1 amide bonds. The first-order chi connectivity index (χ1) is 16.8. The molecule has 0 aromatic heterocycles. The highest BCUT2D eigenvalue weighted by Gasteiger charge is 2.56. The Balaban J connectivity index is 1.27. The van der Waals surface area contributed by atoms with Gasteiger partial charge in [-0.3, -0.25) is 4.79 Å². The van der Waals surface area contributed by atoms with Crippen molar-refractivity contribution in [1.82, 2.24) is 0 Å². The van der Waals surface area contributed by atoms with E-state index in [2.05, 4.69) is 25.1 Å². The molecule has 4 heteroatoms. The minimum Gasteiger partial charge on any atom is -0.508 e. The standard InChI is InChI=1S/C31H41NO3/c1-19(30(32)35)21-9-7-20(8-10-21)5-3-4-6-22-17-23-18-24(33)11-12-25(23)26-15-16-31(2)27(29(22)26)13-14-28(31)34/h7-12,18-19,22,26-29,33-34H,3-6,13-17H2,1-2H3,(H2,32,35)/t19?,22-,26-,27+,28+,29-,31+/m1/s1. The lowest BCUT2D eigenvalue weighted by Gasteiger charge is -2.53. The van der Waals surface area contributed by atoms with Crippen molar-refractivity contribution in [3.05, 3.63) is 64.7 Å². The molecule has 2 aromatic rings. The Morgan fingerprint density at radius 2 is 1.89 bits per heavy atom. The van der Waals surface area contributed by atoms with Gasteiger partial charge in [-0.1, -0.05) is 43.7 Å². The Kier molecular flexibility index (Phi) is 6.69. The zero-order chi connectivity index (χ0) is 24.7. The summed E-state index contributed by atoms with van der Waals surface area (Å²) in [6.45, 7) is 4.20. The Morgan fingerprint density at radius 1 is 1.11 bits per heavy atom. The average molecular weight is 476 g/mol. The molecule has 3 aliphatic rings. The monoisotopic (exact) mass is 475 g/mol. The molecule has 4 nitrogen and oxygen atoms in total. The summed E-state index contributed by atoms with van der Waals surface area (Å²) in [7, 11) is 0. The fourth-order valence-corrected chi connectivity index (χ4v) is 7.90. The fourth-order valence-electron chi connectivity index (χ4n) is 7.90. The first-order valence-corrected chi connectivity index (χ1v) is 13.7. The number of primary amides is 1. The quantitative estimate of drug-likeness (QED) is 0.440. The van der Waals surface area contributed by atoms with Crippen LogP contribution < -0.4 is 5.73 Å². The number of carbonyl (C=O) groups excluding carboxylic acids is 1. The highest BCUT2D eigenvalue weighted by atomic mass is 16.3. The minimum atomic E-state index is -0.285. The predicted molar refractivity (Wildman–Crippen MR) is 139 cm³/mol. The molecule has 5 rings (SSSR count). The molecule has 0 heterocycles. The second-order valence-electron chi connectivity index (χ2n) is 11.9. The second-order valence-corrected chi connectivity index (χ2v) is 11.9. The normalized spacial score (nSPS) is 32.4. The van der Waals surface area contributed by atoms with Crippen LogP contribution in [0.2, 0.25) is 0 Å². The number of phenolic OH excluding ortho intramolecular Hbond substituents is 1. The van der Waals surface area contributed by atoms with Crippen LogP contribution in [0.3, 0.4) is 0 Å². The summed E-state index contributed by atoms with van der Waals surface area (Å²) < 4.78 is 0. The van der Waals surface area contributed by atoms with Crippen molar-refractivity contribution < 1.29 is 15.0 Å². The third-order valence-corrected chi connectivity index (χ3v) is 10.0. The number of carbonyl (C=O) groups is 1. The molecular formula is C31H41NO3. The van der Waals surface area contributed by atoms with Gasteiger partial charge in [-0.05, 0) is 122 Å². The number of hydrogen-bond donors (Lipinski definition) is 3. The Labute approximate surface area is 209 Å². The van der Waals surface area contributed by atoms with Crippen molar-refractivity contribution in [3.8, 4) is 5.75 Å². The zero-order valence-electron chi connectivity index (χ0n) is 21.2. The van der Waals surface area contributed by atoms with Crippen LogP contribution in [0, 0.1) is 23.2 Å². The van der Waals surface area contributed by atoms with Crippen LogP contribution in [0.25, 0.3) is 0 Å². The van der Waals surface area contributed by atoms with Gasteiger partial charge in [0.1, 0.15) is 5.75 Å². The van der Waals surface area contributed by atoms with Crippen LogP contribution in [-0.2, 0) is 17.6 Å². The highest BCUT2D eigenvalue weighted by Crippen LogP contribution is 2.62. The number of benzene rings is 2. The van der Waals surface area contributed by atoms with Gasteiger partial charge in [-0.25, -0.2) is 0 Å². The largest absolute Gasteiger partial charge is 0.508 e. The average Bonchev–Trinajstić information content (AvgIpc) is 3.15. The third kappa shape index (κ3) is 4.50. The van der Waals surface area contributed by atoms with Gasteiger partial charge in [0.05, 0.1) is 12.0 Å². The minimum absolute atomic E-state index is 0.0671. The van der Waals surface area contributed by atoms with E-state index in [1.54, 1.807) is 0 Å². The summed E-state index contributed by atoms with van der Waals surface area (Å²) >= 11 is 0. The van der Waals surface area contributed by atoms with Crippen molar-refractivity contribution in [3.63, 3.8) is 0 Å². The lowest BCUT2D eigenvalue weighted by Crippen LogP contribution is -2.47. The number of phenols is 1. The second kappa shape index (κ2) is 9.61. The molecule has 2 aromatic carbocycles. The summed E-state index contributed by atoms with van der Waals surface area (Å²) in [5, 5.41) is 21.0. The maximum Gasteiger partial charge on any atom is 0.224 e. The van der Waals surface area contributed by atoms with Gasteiger partial charge in [0.2, 0.25) is 5.91 Å². The van der Waals surface area contributed by atoms with Gasteiger partial charge in [0, 0.05) is 0 Å². The van der Waals surface area contributed by atoms with Crippen LogP contribution in [0.1, 0.15) is 92.9 Å². The Bertz CT molecular complexity index is 1060. The summed E-state index contributed by atoms with van der Waals surface area (Å²) in [6, 6.07) is 14.4. The molecular weight excluding hydrogens is 434 g/mol. The number of rotatable bonds is 7. The Hall–Kier alpha value is -2.33. The predicted octanol–water partition coefficient (Wildman–Crippen LogP) is 5.84. The number of unbranched alkanes of at least 4 members (excludes halogenated alkanes) is 1. The van der Waals surface area contributed by atoms with Crippen molar-refractivity contribution >= 4 is 5.91 Å². The first-order valence-electron chi connectivity index (χ1n) is 13.7. The summed E-state index contributed by atoms with van der Waals surface area (Å²) in [5.74, 6) is 2.26. The topological polar surface area (TPSA) is 83.6 Å². The smallest absolute Gasteiger partial charge is 0.224 e. The van der Waals surface area contributed by atoms with Crippen molar-refractivity contribution in [2.45, 2.75) is 89.6 Å². The molecule has 4 N–H and O–H groups in total. The van der Waals surface area contributed by atoms with Gasteiger partial charge in [-0.2, -0.15) is 0 Å². The zero-order valence-corrected chi connectivity index (χ0v) is 21.2. The van der Waals surface area contributed by atoms with Crippen LogP contribution >= 0.6 is 0 Å². The number of amides is 1. The Morgan fingerprint density at radius 3 is 2.63 bits per heavy atom. The van der Waals surface area contributed by atoms with Gasteiger partial charge in [-0.15, -0.1) is 0 Å². The summed E-state index contributed by atoms with van der Waals surface area (Å²) in [4.78, 5) is 11.4. The van der Waals surface area contributed by atoms with Crippen LogP contribution in [-0.4, -0.2) is 22.2 Å². The molecule has 0 radical (unpaired) electrons. The van der Waals surface area contributed by atoms with Gasteiger partial charge in [0.25, 0.3) is 0 Å². The van der Waals surface area contributed by atoms with Crippen molar-refractivity contribution in [2.75, 3.05) is 0 Å². The molecule has 0 aliphatic heterocycles. The number of hydrogen-bond acceptors (Lipinski definition) is 3.